The molecule has 1 aliphatic heterocycles. The molecule has 5 rings (SSSR count). The van der Waals surface area contributed by atoms with Crippen LogP contribution in [0.25, 0.3) is 0 Å². The van der Waals surface area contributed by atoms with Gasteiger partial charge in [-0.25, -0.2) is 15.0 Å². The molecule has 1 aliphatic carbocycles. The van der Waals surface area contributed by atoms with Crippen LogP contribution in [0.15, 0.2) is 42.7 Å². The summed E-state index contributed by atoms with van der Waals surface area (Å²) in [5.74, 6) is 0.591. The number of aromatic nitrogens is 3. The number of hydrogen-bond acceptors (Lipinski definition) is 8. The molecular weight excluding hydrogens is 440 g/mol. The largest absolute Gasteiger partial charge is 0.497 e. The van der Waals surface area contributed by atoms with Crippen molar-refractivity contribution in [1.29, 1.82) is 0 Å². The number of carbonyl (C=O) groups is 2. The third-order valence-corrected chi connectivity index (χ3v) is 7.16. The Bertz CT molecular complexity index is 1180. The van der Waals surface area contributed by atoms with Gasteiger partial charge >= 0.3 is 0 Å². The van der Waals surface area contributed by atoms with Crippen molar-refractivity contribution in [3.05, 3.63) is 58.9 Å². The van der Waals surface area contributed by atoms with Crippen LogP contribution in [0, 0.1) is 0 Å². The summed E-state index contributed by atoms with van der Waals surface area (Å²) in [6, 6.07) is 9.58. The van der Waals surface area contributed by atoms with E-state index in [4.69, 9.17) is 9.72 Å². The van der Waals surface area contributed by atoms with Gasteiger partial charge in [-0.2, -0.15) is 0 Å². The second-order valence-corrected chi connectivity index (χ2v) is 9.42. The van der Waals surface area contributed by atoms with Gasteiger partial charge in [0.1, 0.15) is 17.2 Å². The number of thiazole rings is 1. The van der Waals surface area contributed by atoms with Crippen molar-refractivity contribution >= 4 is 34.2 Å². The number of fused-ring (bicyclic) bond motifs is 2. The number of methoxy groups -OCH3 is 1. The van der Waals surface area contributed by atoms with E-state index in [-0.39, 0.29) is 29.7 Å². The maximum Gasteiger partial charge on any atom is 0.266 e. The molecule has 3 heterocycles. The minimum atomic E-state index is -0.310. The fraction of sp³-hybridized carbons (Fsp3) is 0.348. The number of carbonyl (C=O) groups excluding carboxylic acids is 2. The number of amides is 2. The average molecular weight is 465 g/mol. The van der Waals surface area contributed by atoms with Crippen LogP contribution in [-0.2, 0) is 16.8 Å². The molecule has 2 aliphatic rings. The van der Waals surface area contributed by atoms with Crippen molar-refractivity contribution in [2.45, 2.75) is 24.8 Å². The van der Waals surface area contributed by atoms with Crippen LogP contribution in [-0.4, -0.2) is 58.9 Å². The van der Waals surface area contributed by atoms with Gasteiger partial charge in [-0.15, -0.1) is 0 Å². The monoisotopic (exact) mass is 464 g/mol. The highest BCUT2D eigenvalue weighted by Gasteiger charge is 2.54. The molecule has 1 saturated carbocycles. The van der Waals surface area contributed by atoms with E-state index in [1.54, 1.807) is 30.5 Å². The molecule has 1 spiro atoms. The first kappa shape index (κ1) is 21.3. The van der Waals surface area contributed by atoms with E-state index < -0.39 is 0 Å². The van der Waals surface area contributed by atoms with Crippen molar-refractivity contribution in [2.24, 2.45) is 0 Å². The zero-order valence-electron chi connectivity index (χ0n) is 18.4. The lowest BCUT2D eigenvalue weighted by Crippen LogP contribution is -2.46. The van der Waals surface area contributed by atoms with Crippen molar-refractivity contribution < 1.29 is 14.3 Å². The normalized spacial score (nSPS) is 15.8. The quantitative estimate of drug-likeness (QED) is 0.574. The first-order valence-electron chi connectivity index (χ1n) is 10.7. The smallest absolute Gasteiger partial charge is 0.266 e. The standard InChI is InChI=1S/C23H24N6O3S/c1-28(12-15-4-6-16(32-2)7-5-15)22-27-19-18(33-22)20(31)29(14-23(19)8-9-23)13-17(30)26-21-24-10-3-11-25-21/h3-7,10-11H,8-9,12-14H2,1-2H3,(H,24,25,26,30). The molecule has 10 heteroatoms. The predicted molar refractivity (Wildman–Crippen MR) is 125 cm³/mol. The van der Waals surface area contributed by atoms with E-state index in [1.165, 1.54) is 11.3 Å². The number of nitrogens with zero attached hydrogens (tertiary/aromatic N) is 5. The van der Waals surface area contributed by atoms with Crippen LogP contribution < -0.4 is 15.0 Å². The summed E-state index contributed by atoms with van der Waals surface area (Å²) in [7, 11) is 3.62. The minimum absolute atomic E-state index is 0.0345. The molecule has 0 saturated heterocycles. The molecular formula is C23H24N6O3S. The van der Waals surface area contributed by atoms with Gasteiger partial charge in [-0.05, 0) is 36.6 Å². The molecule has 1 aromatic carbocycles. The third kappa shape index (κ3) is 4.25. The Balaban J connectivity index is 1.31. The first-order valence-corrected chi connectivity index (χ1v) is 11.5. The van der Waals surface area contributed by atoms with Gasteiger partial charge in [0.25, 0.3) is 5.91 Å². The SMILES string of the molecule is COc1ccc(CN(C)c2nc3c(s2)C(=O)N(CC(=O)Nc2ncccn2)CC32CC2)cc1. The summed E-state index contributed by atoms with van der Waals surface area (Å²) in [4.78, 5) is 43.0. The highest BCUT2D eigenvalue weighted by molar-refractivity contribution is 7.17. The molecule has 1 fully saturated rings. The maximum absolute atomic E-state index is 13.2. The molecule has 0 bridgehead atoms. The Kier molecular flexibility index (Phi) is 5.45. The second kappa shape index (κ2) is 8.43. The van der Waals surface area contributed by atoms with E-state index >= 15 is 0 Å². The molecule has 33 heavy (non-hydrogen) atoms. The molecule has 2 aromatic heterocycles. The van der Waals surface area contributed by atoms with Crippen LogP contribution in [0.1, 0.15) is 33.8 Å². The summed E-state index contributed by atoms with van der Waals surface area (Å²) < 4.78 is 5.22. The Labute approximate surface area is 195 Å². The Hall–Kier alpha value is -3.53. The topological polar surface area (TPSA) is 101 Å². The second-order valence-electron chi connectivity index (χ2n) is 8.44. The van der Waals surface area contributed by atoms with Crippen LogP contribution in [0.4, 0.5) is 11.1 Å². The summed E-state index contributed by atoms with van der Waals surface area (Å²) >= 11 is 1.40. The molecule has 170 valence electrons. The molecule has 3 aromatic rings. The first-order chi connectivity index (χ1) is 16.0. The lowest BCUT2D eigenvalue weighted by Gasteiger charge is -2.31. The van der Waals surface area contributed by atoms with Gasteiger partial charge in [0, 0.05) is 37.9 Å². The zero-order chi connectivity index (χ0) is 23.0. The Morgan fingerprint density at radius 2 is 1.97 bits per heavy atom. The maximum atomic E-state index is 13.2. The molecule has 0 unspecified atom stereocenters. The minimum Gasteiger partial charge on any atom is -0.497 e. The fourth-order valence-electron chi connectivity index (χ4n) is 4.08. The van der Waals surface area contributed by atoms with Crippen molar-refractivity contribution in [3.8, 4) is 5.75 Å². The fourth-order valence-corrected chi connectivity index (χ4v) is 5.19. The molecule has 0 radical (unpaired) electrons. The lowest BCUT2D eigenvalue weighted by molar-refractivity contribution is -0.117. The van der Waals surface area contributed by atoms with E-state index in [9.17, 15) is 9.59 Å². The molecule has 0 atom stereocenters. The highest BCUT2D eigenvalue weighted by atomic mass is 32.1. The van der Waals surface area contributed by atoms with E-state index in [1.807, 2.05) is 31.3 Å². The molecule has 1 N–H and O–H groups in total. The number of ether oxygens (including phenoxy) is 1. The average Bonchev–Trinajstić information content (AvgIpc) is 3.43. The van der Waals surface area contributed by atoms with Gasteiger partial charge in [0.15, 0.2) is 5.13 Å². The van der Waals surface area contributed by atoms with Crippen molar-refractivity contribution in [2.75, 3.05) is 37.5 Å². The van der Waals surface area contributed by atoms with Crippen molar-refractivity contribution in [1.82, 2.24) is 19.9 Å². The number of nitrogens with one attached hydrogen (secondary N) is 1. The number of benzene rings is 1. The van der Waals surface area contributed by atoms with Gasteiger partial charge in [0.05, 0.1) is 12.8 Å². The highest BCUT2D eigenvalue weighted by Crippen LogP contribution is 2.53. The number of anilines is 2. The van der Waals surface area contributed by atoms with Crippen LogP contribution in [0.2, 0.25) is 0 Å². The van der Waals surface area contributed by atoms with E-state index in [0.717, 1.165) is 35.0 Å². The van der Waals surface area contributed by atoms with E-state index in [2.05, 4.69) is 20.2 Å². The van der Waals surface area contributed by atoms with Gasteiger partial charge in [-0.1, -0.05) is 23.5 Å². The Morgan fingerprint density at radius 3 is 2.64 bits per heavy atom. The zero-order valence-corrected chi connectivity index (χ0v) is 19.3. The third-order valence-electron chi connectivity index (χ3n) is 6.00. The summed E-state index contributed by atoms with van der Waals surface area (Å²) in [5.41, 5.74) is 1.88. The predicted octanol–water partition coefficient (Wildman–Crippen LogP) is 2.70. The van der Waals surface area contributed by atoms with Gasteiger partial charge in [-0.3, -0.25) is 14.9 Å². The lowest BCUT2D eigenvalue weighted by atomic mass is 9.96. The summed E-state index contributed by atoms with van der Waals surface area (Å²) in [6.45, 7) is 1.14. The number of rotatable bonds is 7. The van der Waals surface area contributed by atoms with Gasteiger partial charge in [0.2, 0.25) is 11.9 Å². The molecule has 9 nitrogen and oxygen atoms in total. The molecule has 2 amide bonds. The van der Waals surface area contributed by atoms with Crippen LogP contribution >= 0.6 is 11.3 Å². The summed E-state index contributed by atoms with van der Waals surface area (Å²) in [5, 5.41) is 3.46. The van der Waals surface area contributed by atoms with Crippen LogP contribution in [0.5, 0.6) is 5.75 Å². The Morgan fingerprint density at radius 1 is 1.24 bits per heavy atom. The van der Waals surface area contributed by atoms with Gasteiger partial charge < -0.3 is 14.5 Å². The van der Waals surface area contributed by atoms with Crippen molar-refractivity contribution in [3.63, 3.8) is 0 Å². The van der Waals surface area contributed by atoms with E-state index in [0.29, 0.717) is 18.0 Å². The number of hydrogen-bond donors (Lipinski definition) is 1. The van der Waals surface area contributed by atoms with Crippen LogP contribution in [0.3, 0.4) is 0 Å². The summed E-state index contributed by atoms with van der Waals surface area (Å²) in [6.07, 6.45) is 5.06.